The summed E-state index contributed by atoms with van der Waals surface area (Å²) in [6, 6.07) is 3.29. The molecule has 0 radical (unpaired) electrons. The Morgan fingerprint density at radius 1 is 1.22 bits per heavy atom. The first kappa shape index (κ1) is 23.6. The molecule has 0 bridgehead atoms. The van der Waals surface area contributed by atoms with Gasteiger partial charge in [0.2, 0.25) is 11.8 Å². The number of hydrogen-bond acceptors (Lipinski definition) is 8. The van der Waals surface area contributed by atoms with Crippen LogP contribution < -0.4 is 21.1 Å². The molecule has 0 spiro atoms. The third kappa shape index (κ3) is 4.43. The third-order valence-electron chi connectivity index (χ3n) is 6.63. The second-order valence-corrected chi connectivity index (χ2v) is 8.93. The van der Waals surface area contributed by atoms with E-state index in [1.54, 1.807) is 23.2 Å². The number of carbonyl (C=O) groups is 2. The van der Waals surface area contributed by atoms with Gasteiger partial charge < -0.3 is 25.4 Å². The fourth-order valence-electron chi connectivity index (χ4n) is 4.63. The molecular formula is C25H27FN6O4. The quantitative estimate of drug-likeness (QED) is 0.470. The van der Waals surface area contributed by atoms with E-state index in [2.05, 4.69) is 20.6 Å². The number of hydrogen-bond donors (Lipinski definition) is 3. The SMILES string of the molecule is CC(=O)N1CCC(OC(=O)Nc2cc3cc(-c4cnc5c(c4C)NCCO5)c(F)c(N)c3cn2)CC1. The van der Waals surface area contributed by atoms with Crippen LogP contribution in [0, 0.1) is 12.7 Å². The van der Waals surface area contributed by atoms with E-state index < -0.39 is 11.9 Å². The summed E-state index contributed by atoms with van der Waals surface area (Å²) in [7, 11) is 0. The Bertz CT molecular complexity index is 1360. The highest BCUT2D eigenvalue weighted by molar-refractivity contribution is 5.99. The molecule has 1 aromatic carbocycles. The molecular weight excluding hydrogens is 467 g/mol. The lowest BCUT2D eigenvalue weighted by molar-refractivity contribution is -0.130. The average molecular weight is 495 g/mol. The van der Waals surface area contributed by atoms with E-state index in [-0.39, 0.29) is 29.1 Å². The molecule has 36 heavy (non-hydrogen) atoms. The third-order valence-corrected chi connectivity index (χ3v) is 6.63. The summed E-state index contributed by atoms with van der Waals surface area (Å²) in [5.74, 6) is 0.182. The number of nitrogens with one attached hydrogen (secondary N) is 2. The molecule has 4 heterocycles. The second kappa shape index (κ2) is 9.48. The number of likely N-dealkylation sites (tertiary alicyclic amines) is 1. The zero-order valence-corrected chi connectivity index (χ0v) is 20.1. The van der Waals surface area contributed by atoms with Crippen LogP contribution in [-0.4, -0.2) is 59.2 Å². The van der Waals surface area contributed by atoms with Crippen molar-refractivity contribution in [1.82, 2.24) is 14.9 Å². The molecule has 0 aliphatic carbocycles. The van der Waals surface area contributed by atoms with Crippen LogP contribution in [0.15, 0.2) is 24.5 Å². The Morgan fingerprint density at radius 2 is 2.00 bits per heavy atom. The summed E-state index contributed by atoms with van der Waals surface area (Å²) >= 11 is 0. The van der Waals surface area contributed by atoms with E-state index in [4.69, 9.17) is 15.2 Å². The van der Waals surface area contributed by atoms with Crippen molar-refractivity contribution in [1.29, 1.82) is 0 Å². The lowest BCUT2D eigenvalue weighted by Gasteiger charge is -2.30. The molecule has 0 atom stereocenters. The van der Waals surface area contributed by atoms with Gasteiger partial charge in [-0.15, -0.1) is 0 Å². The number of aromatic nitrogens is 2. The molecule has 188 valence electrons. The molecule has 2 aliphatic heterocycles. The minimum Gasteiger partial charge on any atom is -0.474 e. The van der Waals surface area contributed by atoms with Crippen LogP contribution in [0.2, 0.25) is 0 Å². The number of nitrogens with two attached hydrogens (primary N) is 1. The van der Waals surface area contributed by atoms with Crippen LogP contribution in [-0.2, 0) is 9.53 Å². The number of piperidine rings is 1. The van der Waals surface area contributed by atoms with Crippen LogP contribution in [0.4, 0.5) is 26.4 Å². The molecule has 4 N–H and O–H groups in total. The molecule has 5 rings (SSSR count). The number of nitrogen functional groups attached to an aromatic ring is 1. The number of amides is 2. The molecule has 0 unspecified atom stereocenters. The average Bonchev–Trinajstić information content (AvgIpc) is 2.87. The maximum atomic E-state index is 15.3. The molecule has 0 saturated carbocycles. The number of benzene rings is 1. The maximum absolute atomic E-state index is 15.3. The molecule has 1 fully saturated rings. The van der Waals surface area contributed by atoms with Crippen molar-refractivity contribution in [2.24, 2.45) is 0 Å². The first-order valence-electron chi connectivity index (χ1n) is 11.8. The summed E-state index contributed by atoms with van der Waals surface area (Å²) in [4.78, 5) is 34.2. The van der Waals surface area contributed by atoms with Crippen molar-refractivity contribution in [3.05, 3.63) is 35.9 Å². The predicted molar refractivity (Wildman–Crippen MR) is 133 cm³/mol. The van der Waals surface area contributed by atoms with Gasteiger partial charge in [0, 0.05) is 68.3 Å². The number of rotatable bonds is 3. The summed E-state index contributed by atoms with van der Waals surface area (Å²) in [5.41, 5.74) is 8.49. The Hall–Kier alpha value is -4.15. The van der Waals surface area contributed by atoms with E-state index in [1.165, 1.54) is 13.1 Å². The highest BCUT2D eigenvalue weighted by Crippen LogP contribution is 2.39. The normalized spacial score (nSPS) is 15.6. The first-order chi connectivity index (χ1) is 17.3. The Labute approximate surface area is 207 Å². The smallest absolute Gasteiger partial charge is 0.413 e. The second-order valence-electron chi connectivity index (χ2n) is 8.93. The number of fused-ring (bicyclic) bond motifs is 2. The number of carbonyl (C=O) groups excluding carboxylic acids is 2. The van der Waals surface area contributed by atoms with Crippen LogP contribution in [0.5, 0.6) is 5.88 Å². The molecule has 10 nitrogen and oxygen atoms in total. The van der Waals surface area contributed by atoms with Crippen molar-refractivity contribution in [3.63, 3.8) is 0 Å². The van der Waals surface area contributed by atoms with Crippen molar-refractivity contribution >= 4 is 40.0 Å². The summed E-state index contributed by atoms with van der Waals surface area (Å²) in [6.07, 6.45) is 3.22. The highest BCUT2D eigenvalue weighted by atomic mass is 19.1. The van der Waals surface area contributed by atoms with Crippen molar-refractivity contribution in [2.45, 2.75) is 32.8 Å². The Morgan fingerprint density at radius 3 is 2.75 bits per heavy atom. The molecule has 2 aliphatic rings. The zero-order chi connectivity index (χ0) is 25.4. The molecule has 3 aromatic rings. The van der Waals surface area contributed by atoms with E-state index in [0.29, 0.717) is 61.3 Å². The van der Waals surface area contributed by atoms with E-state index in [1.807, 2.05) is 6.92 Å². The molecule has 2 aromatic heterocycles. The number of ether oxygens (including phenoxy) is 2. The Kier molecular flexibility index (Phi) is 6.21. The van der Waals surface area contributed by atoms with Crippen LogP contribution in [0.1, 0.15) is 25.3 Å². The fraction of sp³-hybridized carbons (Fsp3) is 0.360. The van der Waals surface area contributed by atoms with Crippen molar-refractivity contribution in [2.75, 3.05) is 42.6 Å². The van der Waals surface area contributed by atoms with E-state index in [9.17, 15) is 9.59 Å². The molecule has 2 amide bonds. The van der Waals surface area contributed by atoms with Crippen LogP contribution in [0.25, 0.3) is 21.9 Å². The van der Waals surface area contributed by atoms with Gasteiger partial charge in [-0.05, 0) is 30.0 Å². The largest absolute Gasteiger partial charge is 0.474 e. The van der Waals surface area contributed by atoms with Gasteiger partial charge in [0.15, 0.2) is 5.82 Å². The number of anilines is 3. The van der Waals surface area contributed by atoms with Crippen molar-refractivity contribution < 1.29 is 23.5 Å². The molecule has 11 heteroatoms. The zero-order valence-electron chi connectivity index (χ0n) is 20.1. The minimum atomic E-state index is -0.640. The van der Waals surface area contributed by atoms with Crippen LogP contribution >= 0.6 is 0 Å². The van der Waals surface area contributed by atoms with Gasteiger partial charge in [0.05, 0.1) is 5.69 Å². The monoisotopic (exact) mass is 494 g/mol. The van der Waals surface area contributed by atoms with Gasteiger partial charge in [-0.2, -0.15) is 0 Å². The van der Waals surface area contributed by atoms with Gasteiger partial charge in [0.1, 0.15) is 24.2 Å². The first-order valence-corrected chi connectivity index (χ1v) is 11.8. The van der Waals surface area contributed by atoms with Gasteiger partial charge in [-0.25, -0.2) is 19.2 Å². The Balaban J connectivity index is 1.38. The molecule has 1 saturated heterocycles. The summed E-state index contributed by atoms with van der Waals surface area (Å²) < 4.78 is 26.4. The van der Waals surface area contributed by atoms with E-state index >= 15 is 4.39 Å². The van der Waals surface area contributed by atoms with Crippen LogP contribution in [0.3, 0.4) is 0 Å². The topological polar surface area (TPSA) is 132 Å². The van der Waals surface area contributed by atoms with Crippen molar-refractivity contribution in [3.8, 4) is 17.0 Å². The highest BCUT2D eigenvalue weighted by Gasteiger charge is 2.24. The number of halogens is 1. The van der Waals surface area contributed by atoms with Gasteiger partial charge in [-0.3, -0.25) is 10.1 Å². The summed E-state index contributed by atoms with van der Waals surface area (Å²) in [5, 5.41) is 6.92. The standard InChI is InChI=1S/C25H27FN6O4/c1-13-18(11-30-24-23(13)28-5-8-35-24)17-9-15-10-20(29-12-19(15)22(27)21(17)26)31-25(34)36-16-3-6-32(7-4-16)14(2)33/h9-12,16,28H,3-8,27H2,1-2H3,(H,29,31,34). The minimum absolute atomic E-state index is 0.0132. The maximum Gasteiger partial charge on any atom is 0.413 e. The lowest BCUT2D eigenvalue weighted by atomic mass is 9.97. The number of pyridine rings is 2. The lowest BCUT2D eigenvalue weighted by Crippen LogP contribution is -2.40. The van der Waals surface area contributed by atoms with E-state index in [0.717, 1.165) is 11.3 Å². The number of nitrogens with zero attached hydrogens (tertiary/aromatic N) is 3. The van der Waals surface area contributed by atoms with Gasteiger partial charge in [0.25, 0.3) is 0 Å². The fourth-order valence-corrected chi connectivity index (χ4v) is 4.63. The summed E-state index contributed by atoms with van der Waals surface area (Å²) in [6.45, 7) is 5.64. The van der Waals surface area contributed by atoms with Gasteiger partial charge in [-0.1, -0.05) is 0 Å². The van der Waals surface area contributed by atoms with Gasteiger partial charge >= 0.3 is 6.09 Å². The predicted octanol–water partition coefficient (Wildman–Crippen LogP) is 3.69.